The second-order valence-corrected chi connectivity index (χ2v) is 5.72. The van der Waals surface area contributed by atoms with Crippen molar-refractivity contribution in [2.24, 2.45) is 0 Å². The summed E-state index contributed by atoms with van der Waals surface area (Å²) in [6, 6.07) is 4.10. The zero-order valence-corrected chi connectivity index (χ0v) is 14.4. The van der Waals surface area contributed by atoms with Crippen LogP contribution in [0.15, 0.2) is 18.2 Å². The van der Waals surface area contributed by atoms with Crippen LogP contribution in [0.2, 0.25) is 0 Å². The number of halogens is 1. The Labute approximate surface area is 148 Å². The van der Waals surface area contributed by atoms with E-state index in [0.29, 0.717) is 0 Å². The van der Waals surface area contributed by atoms with Crippen molar-refractivity contribution < 1.29 is 23.5 Å². The number of thiocarbonyl (C=S) groups is 1. The topological polar surface area (TPSA) is 83.1 Å². The molecule has 0 saturated carbocycles. The van der Waals surface area contributed by atoms with Crippen molar-refractivity contribution in [2.45, 2.75) is 11.9 Å². The fourth-order valence-corrected chi connectivity index (χ4v) is 3.34. The Morgan fingerprint density at radius 3 is 2.64 bits per heavy atom. The molecule has 3 rings (SSSR count). The van der Waals surface area contributed by atoms with Crippen LogP contribution < -0.4 is 20.4 Å². The van der Waals surface area contributed by atoms with E-state index < -0.39 is 29.9 Å². The number of anilines is 2. The maximum Gasteiger partial charge on any atom is 0.418 e. The summed E-state index contributed by atoms with van der Waals surface area (Å²) in [6.45, 7) is 0.471. The molecule has 0 radical (unpaired) electrons. The van der Waals surface area contributed by atoms with Crippen LogP contribution in [0.25, 0.3) is 0 Å². The molecule has 0 aliphatic carbocycles. The average Bonchev–Trinajstić information content (AvgIpc) is 3.15. The highest BCUT2D eigenvalue weighted by Gasteiger charge is 2.53. The molecule has 2 aliphatic rings. The number of nitrogens with zero attached hydrogens (tertiary/aromatic N) is 2. The van der Waals surface area contributed by atoms with Gasteiger partial charge in [-0.05, 0) is 32.3 Å². The van der Waals surface area contributed by atoms with Crippen LogP contribution in [-0.2, 0) is 9.47 Å². The van der Waals surface area contributed by atoms with Gasteiger partial charge in [-0.15, -0.1) is 0 Å². The molecule has 2 fully saturated rings. The molecule has 25 heavy (non-hydrogen) atoms. The van der Waals surface area contributed by atoms with Gasteiger partial charge in [-0.2, -0.15) is 0 Å². The van der Waals surface area contributed by atoms with Crippen molar-refractivity contribution in [2.75, 3.05) is 37.0 Å². The molecule has 1 aromatic rings. The van der Waals surface area contributed by atoms with E-state index in [0.717, 1.165) is 6.07 Å². The minimum Gasteiger partial charge on any atom is -0.447 e. The number of nitrogens with one attached hydrogen (secondary N) is 2. The summed E-state index contributed by atoms with van der Waals surface area (Å²) >= 11 is 5.09. The Kier molecular flexibility index (Phi) is 4.58. The van der Waals surface area contributed by atoms with Crippen molar-refractivity contribution in [3.8, 4) is 0 Å². The Balaban J connectivity index is 2.00. The summed E-state index contributed by atoms with van der Waals surface area (Å²) in [5.74, 6) is -0.661. The number of amides is 2. The van der Waals surface area contributed by atoms with Gasteiger partial charge in [0.2, 0.25) is 0 Å². The van der Waals surface area contributed by atoms with Gasteiger partial charge in [0, 0.05) is 5.37 Å². The van der Waals surface area contributed by atoms with Crippen molar-refractivity contribution >= 4 is 41.1 Å². The van der Waals surface area contributed by atoms with Crippen molar-refractivity contribution in [1.29, 1.82) is 0 Å². The third-order valence-electron chi connectivity index (χ3n) is 4.25. The summed E-state index contributed by atoms with van der Waals surface area (Å²) in [5.41, 5.74) is -0.838. The lowest BCUT2D eigenvalue weighted by Crippen LogP contribution is -2.64. The first-order valence-electron chi connectivity index (χ1n) is 7.55. The fraction of sp³-hybridized carbons (Fsp3) is 0.400. The molecule has 1 unspecified atom stereocenters. The molecule has 134 valence electrons. The van der Waals surface area contributed by atoms with Crippen molar-refractivity contribution in [3.63, 3.8) is 0 Å². The number of cyclic esters (lactones) is 2. The van der Waals surface area contributed by atoms with Crippen LogP contribution in [0.3, 0.4) is 0 Å². The number of benzene rings is 1. The number of carbonyl (C=O) groups excluding carboxylic acids is 2. The van der Waals surface area contributed by atoms with E-state index >= 15 is 0 Å². The molecule has 0 bridgehead atoms. The van der Waals surface area contributed by atoms with Gasteiger partial charge in [-0.1, -0.05) is 12.2 Å². The number of hydrogen-bond acceptors (Lipinski definition) is 7. The van der Waals surface area contributed by atoms with Crippen molar-refractivity contribution in [1.82, 2.24) is 10.6 Å². The predicted molar refractivity (Wildman–Crippen MR) is 92.3 cm³/mol. The Morgan fingerprint density at radius 1 is 1.36 bits per heavy atom. The zero-order chi connectivity index (χ0) is 18.2. The van der Waals surface area contributed by atoms with Crippen LogP contribution in [-0.4, -0.2) is 56.7 Å². The highest BCUT2D eigenvalue weighted by Crippen LogP contribution is 2.34. The maximum atomic E-state index is 14.6. The van der Waals surface area contributed by atoms with Gasteiger partial charge >= 0.3 is 12.2 Å². The van der Waals surface area contributed by atoms with Gasteiger partial charge in [0.05, 0.1) is 17.9 Å². The molecule has 2 atom stereocenters. The number of ether oxygens (including phenoxy) is 2. The van der Waals surface area contributed by atoms with Crippen LogP contribution in [0.4, 0.5) is 25.4 Å². The first-order chi connectivity index (χ1) is 12.0. The van der Waals surface area contributed by atoms with E-state index in [-0.39, 0.29) is 24.5 Å². The first kappa shape index (κ1) is 17.5. The molecule has 2 N–H and O–H groups in total. The zero-order valence-electron chi connectivity index (χ0n) is 13.6. The number of likely N-dealkylation sites (N-methyl/N-ethyl adjacent to an activating group) is 2. The molecule has 2 aliphatic heterocycles. The third-order valence-corrected chi connectivity index (χ3v) is 4.61. The molecule has 2 heterocycles. The molecule has 0 spiro atoms. The quantitative estimate of drug-likeness (QED) is 0.756. The minimum atomic E-state index is -1.16. The lowest BCUT2D eigenvalue weighted by molar-refractivity contribution is 0.101. The minimum absolute atomic E-state index is 0.0846. The smallest absolute Gasteiger partial charge is 0.418 e. The summed E-state index contributed by atoms with van der Waals surface area (Å²) in [5, 5.41) is 7.16. The van der Waals surface area contributed by atoms with Gasteiger partial charge in [-0.25, -0.2) is 18.9 Å². The molecule has 2 saturated heterocycles. The molecular formula is C15H17FN4O4S. The van der Waals surface area contributed by atoms with E-state index in [4.69, 9.17) is 21.7 Å². The SMILES string of the molecule is CN[C@H]1OC(=O)N(c2ccc(N3CCOC3=O)c(F)c2)C1(C=S)NC. The van der Waals surface area contributed by atoms with Gasteiger partial charge in [-0.3, -0.25) is 15.5 Å². The van der Waals surface area contributed by atoms with Gasteiger partial charge in [0.15, 0.2) is 11.9 Å². The summed E-state index contributed by atoms with van der Waals surface area (Å²) in [6.07, 6.45) is -2.03. The van der Waals surface area contributed by atoms with Crippen LogP contribution >= 0.6 is 12.2 Å². The Morgan fingerprint density at radius 2 is 2.12 bits per heavy atom. The van der Waals surface area contributed by atoms with Gasteiger partial charge < -0.3 is 9.47 Å². The molecule has 8 nitrogen and oxygen atoms in total. The van der Waals surface area contributed by atoms with E-state index in [1.54, 1.807) is 14.1 Å². The predicted octanol–water partition coefficient (Wildman–Crippen LogP) is 1.20. The summed E-state index contributed by atoms with van der Waals surface area (Å²) in [4.78, 5) is 26.4. The van der Waals surface area contributed by atoms with E-state index in [1.165, 1.54) is 27.3 Å². The Bertz CT molecular complexity index is 733. The highest BCUT2D eigenvalue weighted by atomic mass is 32.1. The fourth-order valence-electron chi connectivity index (χ4n) is 2.99. The second kappa shape index (κ2) is 6.54. The monoisotopic (exact) mass is 368 g/mol. The van der Waals surface area contributed by atoms with E-state index in [9.17, 15) is 14.0 Å². The standard InChI is InChI=1S/C15H17FN4O4S/c1-17-12-15(8-25,18-2)20(14(22)24-12)9-3-4-11(10(16)7-9)19-5-6-23-13(19)21/h3-4,7-8,12,17-18H,5-6H2,1-2H3/t12-,15?/m0/s1. The number of rotatable bonds is 5. The third kappa shape index (κ3) is 2.62. The molecule has 1 aromatic carbocycles. The van der Waals surface area contributed by atoms with Crippen molar-refractivity contribution in [3.05, 3.63) is 24.0 Å². The lowest BCUT2D eigenvalue weighted by Gasteiger charge is -2.35. The van der Waals surface area contributed by atoms with Crippen LogP contribution in [0.5, 0.6) is 0 Å². The summed E-state index contributed by atoms with van der Waals surface area (Å²) in [7, 11) is 3.24. The largest absolute Gasteiger partial charge is 0.447 e. The molecule has 10 heteroatoms. The number of hydrogen-bond donors (Lipinski definition) is 2. The van der Waals surface area contributed by atoms with E-state index in [1.807, 2.05) is 0 Å². The maximum absolute atomic E-state index is 14.6. The lowest BCUT2D eigenvalue weighted by atomic mass is 10.1. The average molecular weight is 368 g/mol. The molecule has 2 amide bonds. The highest BCUT2D eigenvalue weighted by molar-refractivity contribution is 7.79. The summed E-state index contributed by atoms with van der Waals surface area (Å²) < 4.78 is 24.7. The first-order valence-corrected chi connectivity index (χ1v) is 8.03. The second-order valence-electron chi connectivity index (χ2n) is 5.48. The van der Waals surface area contributed by atoms with Crippen LogP contribution in [0, 0.1) is 5.82 Å². The number of carbonyl (C=O) groups is 2. The van der Waals surface area contributed by atoms with E-state index in [2.05, 4.69) is 10.6 Å². The Hall–Kier alpha value is -2.30. The molecular weight excluding hydrogens is 351 g/mol. The molecule has 0 aromatic heterocycles. The van der Waals surface area contributed by atoms with Gasteiger partial charge in [0.1, 0.15) is 12.4 Å². The van der Waals surface area contributed by atoms with Gasteiger partial charge in [0.25, 0.3) is 0 Å². The normalized spacial score (nSPS) is 26.0. The van der Waals surface area contributed by atoms with Crippen LogP contribution in [0.1, 0.15) is 0 Å².